The second kappa shape index (κ2) is 7.93. The van der Waals surface area contributed by atoms with Crippen LogP contribution in [0.1, 0.15) is 24.2 Å². The van der Waals surface area contributed by atoms with Crippen LogP contribution in [0.15, 0.2) is 53.0 Å². The van der Waals surface area contributed by atoms with E-state index in [1.54, 1.807) is 12.3 Å². The lowest BCUT2D eigenvalue weighted by Crippen LogP contribution is -2.20. The third-order valence-electron chi connectivity index (χ3n) is 5.34. The van der Waals surface area contributed by atoms with Crippen molar-refractivity contribution in [3.05, 3.63) is 70.1 Å². The molecular weight excluding hydrogens is 408 g/mol. The standard InChI is InChI=1S/C23H22N6O3/c1-14-10-16(11-17(13-30)25-14)19-20(15-6-3-2-4-7-15)26-22(24)29-21(19)27-28(23(29)31)12-18-8-5-9-32-18/h2-4,6-7,10-12,30H,5,8-9,13H2,1H3,(H2,24,26). The van der Waals surface area contributed by atoms with Crippen LogP contribution in [0.2, 0.25) is 0 Å². The molecular formula is C23H22N6O3. The van der Waals surface area contributed by atoms with Gasteiger partial charge in [-0.3, -0.25) is 4.98 Å². The summed E-state index contributed by atoms with van der Waals surface area (Å²) in [7, 11) is 0. The van der Waals surface area contributed by atoms with Crippen molar-refractivity contribution in [2.45, 2.75) is 26.4 Å². The normalized spacial score (nSPS) is 14.9. The summed E-state index contributed by atoms with van der Waals surface area (Å²) in [5.41, 5.74) is 10.2. The Labute approximate surface area is 183 Å². The second-order valence-corrected chi connectivity index (χ2v) is 7.64. The van der Waals surface area contributed by atoms with Crippen LogP contribution in [0.25, 0.3) is 34.2 Å². The van der Waals surface area contributed by atoms with Crippen LogP contribution >= 0.6 is 0 Å². The molecule has 3 N–H and O–H groups in total. The average molecular weight is 430 g/mol. The largest absolute Gasteiger partial charge is 0.496 e. The molecule has 9 nitrogen and oxygen atoms in total. The molecule has 3 aromatic heterocycles. The Morgan fingerprint density at radius 2 is 2.00 bits per heavy atom. The highest BCUT2D eigenvalue weighted by atomic mass is 16.5. The van der Waals surface area contributed by atoms with Crippen LogP contribution in [0.5, 0.6) is 0 Å². The smallest absolute Gasteiger partial charge is 0.357 e. The lowest BCUT2D eigenvalue weighted by atomic mass is 9.99. The number of hydrogen-bond acceptors (Lipinski definition) is 7. The maximum atomic E-state index is 13.1. The van der Waals surface area contributed by atoms with Gasteiger partial charge in [-0.15, -0.1) is 5.10 Å². The van der Waals surface area contributed by atoms with Crippen LogP contribution in [-0.2, 0) is 11.3 Å². The van der Waals surface area contributed by atoms with E-state index in [-0.39, 0.29) is 12.6 Å². The lowest BCUT2D eigenvalue weighted by Gasteiger charge is -2.13. The van der Waals surface area contributed by atoms with E-state index in [9.17, 15) is 9.90 Å². The van der Waals surface area contributed by atoms with Gasteiger partial charge in [-0.1, -0.05) is 30.3 Å². The fourth-order valence-electron chi connectivity index (χ4n) is 3.95. The number of anilines is 1. The van der Waals surface area contributed by atoms with Crippen molar-refractivity contribution >= 4 is 17.8 Å². The molecule has 0 spiro atoms. The van der Waals surface area contributed by atoms with Crippen molar-refractivity contribution in [3.8, 4) is 22.4 Å². The highest BCUT2D eigenvalue weighted by Gasteiger charge is 2.22. The first-order chi connectivity index (χ1) is 15.5. The molecule has 0 saturated carbocycles. The molecule has 32 heavy (non-hydrogen) atoms. The van der Waals surface area contributed by atoms with E-state index in [1.165, 1.54) is 9.08 Å². The van der Waals surface area contributed by atoms with E-state index in [2.05, 4.69) is 15.1 Å². The number of benzene rings is 1. The zero-order valence-electron chi connectivity index (χ0n) is 17.5. The molecule has 5 rings (SSSR count). The molecule has 0 unspecified atom stereocenters. The fourth-order valence-corrected chi connectivity index (χ4v) is 3.95. The minimum atomic E-state index is -0.429. The number of nitrogen functional groups attached to an aromatic ring is 1. The zero-order chi connectivity index (χ0) is 22.2. The Morgan fingerprint density at radius 3 is 2.72 bits per heavy atom. The summed E-state index contributed by atoms with van der Waals surface area (Å²) in [4.78, 5) is 22.1. The minimum absolute atomic E-state index is 0.0396. The van der Waals surface area contributed by atoms with Gasteiger partial charge in [0.15, 0.2) is 5.65 Å². The van der Waals surface area contributed by atoms with E-state index < -0.39 is 5.69 Å². The van der Waals surface area contributed by atoms with Crippen LogP contribution in [-0.4, -0.2) is 35.9 Å². The Hall–Kier alpha value is -3.98. The van der Waals surface area contributed by atoms with Gasteiger partial charge in [0, 0.05) is 17.7 Å². The van der Waals surface area contributed by atoms with Crippen molar-refractivity contribution < 1.29 is 9.84 Å². The van der Waals surface area contributed by atoms with Crippen molar-refractivity contribution in [1.82, 2.24) is 24.1 Å². The molecule has 1 aliphatic rings. The molecule has 4 aromatic rings. The molecule has 1 aliphatic heterocycles. The number of pyridine rings is 1. The van der Waals surface area contributed by atoms with Gasteiger partial charge >= 0.3 is 5.69 Å². The number of aromatic nitrogens is 5. The number of aliphatic hydroxyl groups excluding tert-OH is 1. The lowest BCUT2D eigenvalue weighted by molar-refractivity contribution is 0.265. The number of allylic oxidation sites excluding steroid dienone is 1. The first kappa shape index (κ1) is 20.0. The first-order valence-electron chi connectivity index (χ1n) is 10.3. The number of rotatable bonds is 4. The third-order valence-corrected chi connectivity index (χ3v) is 5.34. The van der Waals surface area contributed by atoms with Gasteiger partial charge in [-0.25, -0.2) is 14.2 Å². The van der Waals surface area contributed by atoms with Crippen LogP contribution < -0.4 is 11.4 Å². The average Bonchev–Trinajstić information content (AvgIpc) is 3.42. The number of fused-ring (bicyclic) bond motifs is 1. The molecule has 0 amide bonds. The van der Waals surface area contributed by atoms with Crippen LogP contribution in [0.3, 0.4) is 0 Å². The van der Waals surface area contributed by atoms with Crippen molar-refractivity contribution in [2.75, 3.05) is 12.3 Å². The van der Waals surface area contributed by atoms with E-state index in [0.29, 0.717) is 35.0 Å². The van der Waals surface area contributed by atoms with Gasteiger partial charge in [0.25, 0.3) is 0 Å². The molecule has 162 valence electrons. The predicted molar refractivity (Wildman–Crippen MR) is 120 cm³/mol. The summed E-state index contributed by atoms with van der Waals surface area (Å²) in [6.45, 7) is 2.26. The second-order valence-electron chi connectivity index (χ2n) is 7.64. The summed E-state index contributed by atoms with van der Waals surface area (Å²) < 4.78 is 8.10. The third kappa shape index (κ3) is 3.42. The quantitative estimate of drug-likeness (QED) is 0.510. The van der Waals surface area contributed by atoms with E-state index in [4.69, 9.17) is 10.5 Å². The minimum Gasteiger partial charge on any atom is -0.496 e. The number of aliphatic hydroxyl groups is 1. The summed E-state index contributed by atoms with van der Waals surface area (Å²) in [6, 6.07) is 13.2. The Morgan fingerprint density at radius 1 is 1.19 bits per heavy atom. The van der Waals surface area contributed by atoms with E-state index >= 15 is 0 Å². The molecule has 9 heteroatoms. The summed E-state index contributed by atoms with van der Waals surface area (Å²) in [6.07, 6.45) is 3.26. The maximum absolute atomic E-state index is 13.1. The van der Waals surface area contributed by atoms with E-state index in [1.807, 2.05) is 43.3 Å². The fraction of sp³-hybridized carbons (Fsp3) is 0.217. The molecule has 0 bridgehead atoms. The highest BCUT2D eigenvalue weighted by Crippen LogP contribution is 2.35. The van der Waals surface area contributed by atoms with Crippen LogP contribution in [0.4, 0.5) is 5.95 Å². The molecule has 0 aliphatic carbocycles. The molecule has 1 aromatic carbocycles. The molecule has 0 radical (unpaired) electrons. The summed E-state index contributed by atoms with van der Waals surface area (Å²) in [5.74, 6) is 0.743. The Balaban J connectivity index is 1.86. The molecule has 1 saturated heterocycles. The Bertz CT molecular complexity index is 1400. The zero-order valence-corrected chi connectivity index (χ0v) is 17.5. The highest BCUT2D eigenvalue weighted by molar-refractivity contribution is 5.90. The first-order valence-corrected chi connectivity index (χ1v) is 10.3. The Kier molecular flexibility index (Phi) is 4.95. The van der Waals surface area contributed by atoms with Crippen molar-refractivity contribution in [1.29, 1.82) is 0 Å². The molecule has 4 heterocycles. The topological polar surface area (TPSA) is 121 Å². The van der Waals surface area contributed by atoms with Gasteiger partial charge in [-0.2, -0.15) is 4.68 Å². The van der Waals surface area contributed by atoms with Gasteiger partial charge < -0.3 is 15.6 Å². The maximum Gasteiger partial charge on any atom is 0.357 e. The predicted octanol–water partition coefficient (Wildman–Crippen LogP) is 2.61. The van der Waals surface area contributed by atoms with Crippen molar-refractivity contribution in [2.24, 2.45) is 0 Å². The van der Waals surface area contributed by atoms with Gasteiger partial charge in [0.2, 0.25) is 5.95 Å². The SMILES string of the molecule is Cc1cc(-c2c(-c3ccccc3)nc(N)n3c(=O)n(C=C4CCCO4)nc23)cc(CO)n1. The van der Waals surface area contributed by atoms with Gasteiger partial charge in [0.1, 0.15) is 5.76 Å². The number of hydrogen-bond donors (Lipinski definition) is 2. The number of nitrogens with two attached hydrogens (primary N) is 1. The molecule has 0 atom stereocenters. The summed E-state index contributed by atoms with van der Waals surface area (Å²) >= 11 is 0. The number of ether oxygens (including phenoxy) is 1. The molecule has 1 fully saturated rings. The van der Waals surface area contributed by atoms with Crippen molar-refractivity contribution in [3.63, 3.8) is 0 Å². The number of aryl methyl sites for hydroxylation is 1. The number of nitrogens with zero attached hydrogens (tertiary/aromatic N) is 5. The monoisotopic (exact) mass is 430 g/mol. The van der Waals surface area contributed by atoms with Gasteiger partial charge in [-0.05, 0) is 31.0 Å². The van der Waals surface area contributed by atoms with Crippen LogP contribution in [0, 0.1) is 6.92 Å². The summed E-state index contributed by atoms with van der Waals surface area (Å²) in [5, 5.41) is 14.3. The van der Waals surface area contributed by atoms with Gasteiger partial charge in [0.05, 0.1) is 36.4 Å². The van der Waals surface area contributed by atoms with E-state index in [0.717, 1.165) is 29.7 Å².